The van der Waals surface area contributed by atoms with Crippen molar-refractivity contribution in [1.29, 1.82) is 0 Å². The molecule has 0 radical (unpaired) electrons. The van der Waals surface area contributed by atoms with E-state index in [0.29, 0.717) is 17.9 Å². The van der Waals surface area contributed by atoms with Crippen LogP contribution in [0.25, 0.3) is 0 Å². The van der Waals surface area contributed by atoms with Crippen molar-refractivity contribution in [1.82, 2.24) is 4.98 Å². The van der Waals surface area contributed by atoms with Crippen LogP contribution in [0, 0.1) is 5.82 Å². The van der Waals surface area contributed by atoms with E-state index in [4.69, 9.17) is 5.11 Å². The zero-order chi connectivity index (χ0) is 14.5. The predicted octanol–water partition coefficient (Wildman–Crippen LogP) is 2.33. The second-order valence-electron chi connectivity index (χ2n) is 4.05. The lowest BCUT2D eigenvalue weighted by molar-refractivity contribution is 0.0595. The van der Waals surface area contributed by atoms with Crippen LogP contribution in [-0.2, 0) is 11.3 Å². The highest BCUT2D eigenvalue weighted by atomic mass is 19.1. The molecule has 1 aromatic heterocycles. The minimum absolute atomic E-state index is 0.0866. The van der Waals surface area contributed by atoms with E-state index >= 15 is 0 Å². The Kier molecular flexibility index (Phi) is 4.14. The van der Waals surface area contributed by atoms with Crippen molar-refractivity contribution in [3.05, 3.63) is 53.6 Å². The topological polar surface area (TPSA) is 71.5 Å². The van der Waals surface area contributed by atoms with Crippen LogP contribution in [0.2, 0.25) is 0 Å². The summed E-state index contributed by atoms with van der Waals surface area (Å²) in [6, 6.07) is 7.27. The van der Waals surface area contributed by atoms with E-state index in [1.807, 2.05) is 0 Å². The quantitative estimate of drug-likeness (QED) is 0.839. The van der Waals surface area contributed by atoms with Gasteiger partial charge in [0.2, 0.25) is 0 Å². The zero-order valence-electron chi connectivity index (χ0n) is 10.8. The van der Waals surface area contributed by atoms with E-state index in [9.17, 15) is 9.18 Å². The summed E-state index contributed by atoms with van der Waals surface area (Å²) in [6.07, 6.45) is 1.33. The van der Waals surface area contributed by atoms with Gasteiger partial charge in [-0.05, 0) is 30.3 Å². The maximum absolute atomic E-state index is 13.4. The highest BCUT2D eigenvalue weighted by Crippen LogP contribution is 2.16. The van der Waals surface area contributed by atoms with Crippen LogP contribution in [0.3, 0.4) is 0 Å². The van der Waals surface area contributed by atoms with E-state index in [-0.39, 0.29) is 11.3 Å². The van der Waals surface area contributed by atoms with Gasteiger partial charge >= 0.3 is 5.97 Å². The molecule has 0 unspecified atom stereocenters. The maximum Gasteiger partial charge on any atom is 0.340 e. The fourth-order valence-corrected chi connectivity index (χ4v) is 1.62. The first-order valence-electron chi connectivity index (χ1n) is 5.86. The van der Waals surface area contributed by atoms with Gasteiger partial charge in [-0.1, -0.05) is 0 Å². The molecular weight excluding hydrogens is 263 g/mol. The Morgan fingerprint density at radius 1 is 1.40 bits per heavy atom. The second kappa shape index (κ2) is 6.01. The van der Waals surface area contributed by atoms with Gasteiger partial charge in [-0.2, -0.15) is 0 Å². The van der Waals surface area contributed by atoms with Gasteiger partial charge < -0.3 is 15.2 Å². The van der Waals surface area contributed by atoms with Crippen LogP contribution < -0.4 is 5.32 Å². The molecule has 0 spiro atoms. The molecule has 104 valence electrons. The number of aromatic nitrogens is 1. The second-order valence-corrected chi connectivity index (χ2v) is 4.05. The Morgan fingerprint density at radius 2 is 2.20 bits per heavy atom. The molecule has 1 aromatic carbocycles. The third-order valence-electron chi connectivity index (χ3n) is 2.65. The fourth-order valence-electron chi connectivity index (χ4n) is 1.62. The summed E-state index contributed by atoms with van der Waals surface area (Å²) in [4.78, 5) is 15.4. The molecule has 2 N–H and O–H groups in total. The molecule has 0 saturated carbocycles. The fraction of sp³-hybridized carbons (Fsp3) is 0.143. The minimum atomic E-state index is -0.728. The summed E-state index contributed by atoms with van der Waals surface area (Å²) in [5, 5.41) is 12.1. The SMILES string of the molecule is COC(=O)c1cc(NCc2ccc(O)cn2)ccc1F. The van der Waals surface area contributed by atoms with E-state index in [0.717, 1.165) is 0 Å². The number of carbonyl (C=O) groups is 1. The Bertz CT molecular complexity index is 614. The number of aromatic hydroxyl groups is 1. The van der Waals surface area contributed by atoms with Crippen molar-refractivity contribution in [3.8, 4) is 5.75 Å². The van der Waals surface area contributed by atoms with Gasteiger partial charge in [-0.25, -0.2) is 9.18 Å². The van der Waals surface area contributed by atoms with Gasteiger partial charge in [-0.3, -0.25) is 4.98 Å². The van der Waals surface area contributed by atoms with Crippen LogP contribution in [0.15, 0.2) is 36.5 Å². The van der Waals surface area contributed by atoms with E-state index in [1.54, 1.807) is 6.07 Å². The first kappa shape index (κ1) is 13.8. The number of pyridine rings is 1. The van der Waals surface area contributed by atoms with Gasteiger partial charge in [0.1, 0.15) is 11.6 Å². The van der Waals surface area contributed by atoms with Gasteiger partial charge in [0.25, 0.3) is 0 Å². The number of anilines is 1. The van der Waals surface area contributed by atoms with Gasteiger partial charge in [0, 0.05) is 5.69 Å². The van der Waals surface area contributed by atoms with Crippen molar-refractivity contribution in [3.63, 3.8) is 0 Å². The largest absolute Gasteiger partial charge is 0.506 e. The van der Waals surface area contributed by atoms with Crippen LogP contribution in [0.4, 0.5) is 10.1 Å². The van der Waals surface area contributed by atoms with E-state index in [1.165, 1.54) is 37.6 Å². The van der Waals surface area contributed by atoms with Gasteiger partial charge in [-0.15, -0.1) is 0 Å². The number of benzene rings is 1. The maximum atomic E-state index is 13.4. The summed E-state index contributed by atoms with van der Waals surface area (Å²) < 4.78 is 17.9. The van der Waals surface area contributed by atoms with Crippen LogP contribution >= 0.6 is 0 Å². The van der Waals surface area contributed by atoms with E-state index in [2.05, 4.69) is 15.0 Å². The molecule has 0 aliphatic heterocycles. The van der Waals surface area contributed by atoms with Crippen molar-refractivity contribution >= 4 is 11.7 Å². The van der Waals surface area contributed by atoms with Gasteiger partial charge in [0.05, 0.1) is 31.1 Å². The number of esters is 1. The number of nitrogens with one attached hydrogen (secondary N) is 1. The summed E-state index contributed by atoms with van der Waals surface area (Å²) in [5.74, 6) is -1.28. The molecule has 0 atom stereocenters. The monoisotopic (exact) mass is 276 g/mol. The number of methoxy groups -OCH3 is 1. The molecule has 0 bridgehead atoms. The molecule has 6 heteroatoms. The van der Waals surface area contributed by atoms with Gasteiger partial charge in [0.15, 0.2) is 0 Å². The normalized spacial score (nSPS) is 10.1. The minimum Gasteiger partial charge on any atom is -0.506 e. The molecule has 2 aromatic rings. The molecule has 0 saturated heterocycles. The molecule has 20 heavy (non-hydrogen) atoms. The standard InChI is InChI=1S/C14H13FN2O3/c1-20-14(19)12-6-9(3-5-13(12)15)16-7-10-2-4-11(18)8-17-10/h2-6,8,16,18H,7H2,1H3. The van der Waals surface area contributed by atoms with Crippen LogP contribution in [-0.4, -0.2) is 23.2 Å². The number of ether oxygens (including phenoxy) is 1. The van der Waals surface area contributed by atoms with Crippen molar-refractivity contribution in [2.45, 2.75) is 6.54 Å². The molecule has 2 rings (SSSR count). The predicted molar refractivity (Wildman–Crippen MR) is 71.0 cm³/mol. The molecule has 1 heterocycles. The van der Waals surface area contributed by atoms with Crippen molar-refractivity contribution in [2.24, 2.45) is 0 Å². The molecule has 0 aliphatic rings. The summed E-state index contributed by atoms with van der Waals surface area (Å²) in [7, 11) is 1.20. The molecule has 0 aliphatic carbocycles. The van der Waals surface area contributed by atoms with Crippen molar-refractivity contribution in [2.75, 3.05) is 12.4 Å². The summed E-state index contributed by atoms with van der Waals surface area (Å²) >= 11 is 0. The van der Waals surface area contributed by atoms with Crippen molar-refractivity contribution < 1.29 is 19.0 Å². The third-order valence-corrected chi connectivity index (χ3v) is 2.65. The first-order chi connectivity index (χ1) is 9.60. The average molecular weight is 276 g/mol. The third kappa shape index (κ3) is 3.23. The smallest absolute Gasteiger partial charge is 0.340 e. The average Bonchev–Trinajstić information content (AvgIpc) is 2.47. The number of hydrogen-bond donors (Lipinski definition) is 2. The summed E-state index contributed by atoms with van der Waals surface area (Å²) in [6.45, 7) is 0.381. The number of nitrogens with zero attached hydrogens (tertiary/aromatic N) is 1. The number of halogens is 1. The molecule has 5 nitrogen and oxygen atoms in total. The highest BCUT2D eigenvalue weighted by molar-refractivity contribution is 5.90. The van der Waals surface area contributed by atoms with E-state index < -0.39 is 11.8 Å². The zero-order valence-corrected chi connectivity index (χ0v) is 10.8. The highest BCUT2D eigenvalue weighted by Gasteiger charge is 2.12. The first-order valence-corrected chi connectivity index (χ1v) is 5.86. The Hall–Kier alpha value is -2.63. The lowest BCUT2D eigenvalue weighted by Crippen LogP contribution is -2.07. The van der Waals surface area contributed by atoms with Crippen LogP contribution in [0.5, 0.6) is 5.75 Å². The van der Waals surface area contributed by atoms with Crippen LogP contribution in [0.1, 0.15) is 16.1 Å². The Morgan fingerprint density at radius 3 is 2.85 bits per heavy atom. The number of carbonyl (C=O) groups excluding carboxylic acids is 1. The Labute approximate surface area is 115 Å². The lowest BCUT2D eigenvalue weighted by Gasteiger charge is -2.08. The number of rotatable bonds is 4. The molecule has 0 fully saturated rings. The Balaban J connectivity index is 2.10. The number of hydrogen-bond acceptors (Lipinski definition) is 5. The lowest BCUT2D eigenvalue weighted by atomic mass is 10.2. The summed E-state index contributed by atoms with van der Waals surface area (Å²) in [5.41, 5.74) is 1.14. The molecular formula is C14H13FN2O3. The molecule has 0 amide bonds.